The molecular formula is C8H15N2O+. The summed E-state index contributed by atoms with van der Waals surface area (Å²) in [5, 5.41) is 2.92. The SMILES string of the molecule is C[N+]12CCC[C@H]1C(=O)NCC2. The minimum absolute atomic E-state index is 0.267. The van der Waals surface area contributed by atoms with Gasteiger partial charge in [-0.1, -0.05) is 0 Å². The van der Waals surface area contributed by atoms with Crippen LogP contribution in [0.2, 0.25) is 0 Å². The van der Waals surface area contributed by atoms with Crippen LogP contribution in [0.5, 0.6) is 0 Å². The fourth-order valence-corrected chi connectivity index (χ4v) is 2.35. The van der Waals surface area contributed by atoms with Gasteiger partial charge in [0.05, 0.1) is 26.7 Å². The van der Waals surface area contributed by atoms with Gasteiger partial charge in [0.1, 0.15) is 0 Å². The molecule has 2 aliphatic rings. The molecule has 2 saturated heterocycles. The zero-order valence-corrected chi connectivity index (χ0v) is 6.97. The molecule has 0 radical (unpaired) electrons. The van der Waals surface area contributed by atoms with Gasteiger partial charge in [-0.05, 0) is 0 Å². The number of hydrogen-bond donors (Lipinski definition) is 1. The van der Waals surface area contributed by atoms with Crippen molar-refractivity contribution in [1.82, 2.24) is 5.32 Å². The molecule has 2 atom stereocenters. The molecule has 2 heterocycles. The number of rotatable bonds is 0. The summed E-state index contributed by atoms with van der Waals surface area (Å²) in [6, 6.07) is 0.267. The van der Waals surface area contributed by atoms with Gasteiger partial charge in [-0.3, -0.25) is 4.79 Å². The zero-order valence-electron chi connectivity index (χ0n) is 6.97. The lowest BCUT2D eigenvalue weighted by atomic mass is 10.1. The molecule has 0 aromatic rings. The Balaban J connectivity index is 2.22. The zero-order chi connectivity index (χ0) is 7.90. The van der Waals surface area contributed by atoms with E-state index < -0.39 is 0 Å². The summed E-state index contributed by atoms with van der Waals surface area (Å²) in [6.45, 7) is 3.18. The third-order valence-electron chi connectivity index (χ3n) is 3.12. The number of amides is 1. The summed E-state index contributed by atoms with van der Waals surface area (Å²) in [5.74, 6) is 0.274. The van der Waals surface area contributed by atoms with Gasteiger partial charge >= 0.3 is 0 Å². The van der Waals surface area contributed by atoms with Gasteiger partial charge in [-0.15, -0.1) is 0 Å². The van der Waals surface area contributed by atoms with Crippen LogP contribution in [-0.4, -0.2) is 43.1 Å². The second-order valence-corrected chi connectivity index (χ2v) is 3.88. The van der Waals surface area contributed by atoms with Crippen molar-refractivity contribution in [3.63, 3.8) is 0 Å². The topological polar surface area (TPSA) is 29.1 Å². The summed E-state index contributed by atoms with van der Waals surface area (Å²) in [7, 11) is 2.20. The lowest BCUT2D eigenvalue weighted by Gasteiger charge is -2.38. The quantitative estimate of drug-likeness (QED) is 0.479. The van der Waals surface area contributed by atoms with E-state index in [1.807, 2.05) is 0 Å². The van der Waals surface area contributed by atoms with Crippen LogP contribution in [0.1, 0.15) is 12.8 Å². The van der Waals surface area contributed by atoms with Gasteiger partial charge in [0.15, 0.2) is 6.04 Å². The predicted molar refractivity (Wildman–Crippen MR) is 42.0 cm³/mol. The molecule has 2 aliphatic heterocycles. The van der Waals surface area contributed by atoms with Gasteiger partial charge in [-0.2, -0.15) is 0 Å². The van der Waals surface area contributed by atoms with Gasteiger partial charge in [0, 0.05) is 12.8 Å². The van der Waals surface area contributed by atoms with Gasteiger partial charge < -0.3 is 9.80 Å². The highest BCUT2D eigenvalue weighted by molar-refractivity contribution is 5.81. The second-order valence-electron chi connectivity index (χ2n) is 3.88. The van der Waals surface area contributed by atoms with Gasteiger partial charge in [0.2, 0.25) is 0 Å². The van der Waals surface area contributed by atoms with Crippen LogP contribution < -0.4 is 5.32 Å². The Morgan fingerprint density at radius 3 is 3.09 bits per heavy atom. The predicted octanol–water partition coefficient (Wildman–Crippen LogP) is -0.275. The Morgan fingerprint density at radius 1 is 1.55 bits per heavy atom. The van der Waals surface area contributed by atoms with Crippen LogP contribution in [0.15, 0.2) is 0 Å². The van der Waals surface area contributed by atoms with Crippen molar-refractivity contribution >= 4 is 5.91 Å². The summed E-state index contributed by atoms with van der Waals surface area (Å²) in [5.41, 5.74) is 0. The van der Waals surface area contributed by atoms with E-state index in [0.29, 0.717) is 0 Å². The van der Waals surface area contributed by atoms with E-state index >= 15 is 0 Å². The van der Waals surface area contributed by atoms with Gasteiger partial charge in [-0.25, -0.2) is 0 Å². The van der Waals surface area contributed by atoms with Crippen LogP contribution in [0, 0.1) is 0 Å². The smallest absolute Gasteiger partial charge is 0.278 e. The molecule has 0 saturated carbocycles. The molecule has 0 aromatic carbocycles. The molecular weight excluding hydrogens is 140 g/mol. The van der Waals surface area contributed by atoms with Crippen LogP contribution in [0.3, 0.4) is 0 Å². The fourth-order valence-electron chi connectivity index (χ4n) is 2.35. The van der Waals surface area contributed by atoms with Gasteiger partial charge in [0.25, 0.3) is 5.91 Å². The number of likely N-dealkylation sites (N-methyl/N-ethyl adjacent to an activating group) is 1. The molecule has 1 amide bonds. The monoisotopic (exact) mass is 155 g/mol. The van der Waals surface area contributed by atoms with E-state index in [9.17, 15) is 4.79 Å². The number of carbonyl (C=O) groups is 1. The Morgan fingerprint density at radius 2 is 2.36 bits per heavy atom. The van der Waals surface area contributed by atoms with Crippen LogP contribution in [-0.2, 0) is 4.79 Å². The van der Waals surface area contributed by atoms with Crippen molar-refractivity contribution in [2.75, 3.05) is 26.7 Å². The number of quaternary nitrogens is 1. The molecule has 1 N–H and O–H groups in total. The first-order valence-electron chi connectivity index (χ1n) is 4.34. The highest BCUT2D eigenvalue weighted by Crippen LogP contribution is 2.26. The average Bonchev–Trinajstić information content (AvgIpc) is 2.31. The number of nitrogens with zero attached hydrogens (tertiary/aromatic N) is 1. The summed E-state index contributed by atoms with van der Waals surface area (Å²) in [4.78, 5) is 11.4. The van der Waals surface area contributed by atoms with Crippen molar-refractivity contribution in [2.24, 2.45) is 0 Å². The van der Waals surface area contributed by atoms with Crippen molar-refractivity contribution in [3.8, 4) is 0 Å². The van der Waals surface area contributed by atoms with E-state index in [1.165, 1.54) is 13.0 Å². The number of piperazine rings is 1. The maximum Gasteiger partial charge on any atom is 0.278 e. The first-order valence-corrected chi connectivity index (χ1v) is 4.34. The second kappa shape index (κ2) is 2.21. The summed E-state index contributed by atoms with van der Waals surface area (Å²) < 4.78 is 0.992. The Bertz CT molecular complexity index is 193. The van der Waals surface area contributed by atoms with E-state index in [-0.39, 0.29) is 11.9 Å². The minimum Gasteiger partial charge on any atom is -0.345 e. The molecule has 3 nitrogen and oxygen atoms in total. The first-order chi connectivity index (χ1) is 5.22. The molecule has 0 bridgehead atoms. The third-order valence-corrected chi connectivity index (χ3v) is 3.12. The van der Waals surface area contributed by atoms with E-state index in [0.717, 1.165) is 24.0 Å². The molecule has 11 heavy (non-hydrogen) atoms. The molecule has 62 valence electrons. The highest BCUT2D eigenvalue weighted by Gasteiger charge is 2.45. The maximum atomic E-state index is 11.4. The lowest BCUT2D eigenvalue weighted by molar-refractivity contribution is -0.913. The van der Waals surface area contributed by atoms with Crippen molar-refractivity contribution in [2.45, 2.75) is 18.9 Å². The largest absolute Gasteiger partial charge is 0.345 e. The normalized spacial score (nSPS) is 43.4. The Hall–Kier alpha value is -0.570. The van der Waals surface area contributed by atoms with Crippen LogP contribution in [0.4, 0.5) is 0 Å². The lowest BCUT2D eigenvalue weighted by Crippen LogP contribution is -2.62. The molecule has 2 fully saturated rings. The van der Waals surface area contributed by atoms with E-state index in [1.54, 1.807) is 0 Å². The molecule has 3 heteroatoms. The maximum absolute atomic E-state index is 11.4. The van der Waals surface area contributed by atoms with Crippen LogP contribution >= 0.6 is 0 Å². The standard InChI is InChI=1S/C8H14N2O/c1-10-5-2-3-7(10)8(11)9-4-6-10/h7H,2-6H2,1H3/p+1/t7-,10?/m0/s1. The Labute approximate surface area is 67.0 Å². The van der Waals surface area contributed by atoms with Crippen molar-refractivity contribution < 1.29 is 9.28 Å². The number of hydrogen-bond acceptors (Lipinski definition) is 1. The van der Waals surface area contributed by atoms with Crippen LogP contribution in [0.25, 0.3) is 0 Å². The number of nitrogens with one attached hydrogen (secondary N) is 1. The van der Waals surface area contributed by atoms with E-state index in [4.69, 9.17) is 0 Å². The van der Waals surface area contributed by atoms with Crippen molar-refractivity contribution in [3.05, 3.63) is 0 Å². The average molecular weight is 155 g/mol. The summed E-state index contributed by atoms with van der Waals surface area (Å²) in [6.07, 6.45) is 2.30. The van der Waals surface area contributed by atoms with Crippen molar-refractivity contribution in [1.29, 1.82) is 0 Å². The first kappa shape index (κ1) is 7.10. The number of fused-ring (bicyclic) bond motifs is 1. The Kier molecular flexibility index (Phi) is 1.42. The highest BCUT2D eigenvalue weighted by atomic mass is 16.2. The molecule has 2 rings (SSSR count). The molecule has 1 unspecified atom stereocenters. The molecule has 0 aliphatic carbocycles. The summed E-state index contributed by atoms with van der Waals surface area (Å²) >= 11 is 0. The molecule has 0 spiro atoms. The minimum atomic E-state index is 0.267. The van der Waals surface area contributed by atoms with E-state index in [2.05, 4.69) is 12.4 Å². The fraction of sp³-hybridized carbons (Fsp3) is 0.875. The molecule has 0 aromatic heterocycles. The number of carbonyl (C=O) groups excluding carboxylic acids is 1. The third kappa shape index (κ3) is 0.948.